The summed E-state index contributed by atoms with van der Waals surface area (Å²) in [5.41, 5.74) is 3.64. The van der Waals surface area contributed by atoms with Crippen LogP contribution in [0.4, 0.5) is 4.79 Å². The molecule has 0 bridgehead atoms. The van der Waals surface area contributed by atoms with Crippen molar-refractivity contribution in [2.45, 2.75) is 51.1 Å². The van der Waals surface area contributed by atoms with Crippen molar-refractivity contribution in [2.75, 3.05) is 6.54 Å². The second-order valence-electron chi connectivity index (χ2n) is 7.73. The van der Waals surface area contributed by atoms with Crippen LogP contribution < -0.4 is 5.32 Å². The van der Waals surface area contributed by atoms with Gasteiger partial charge in [0.15, 0.2) is 0 Å². The van der Waals surface area contributed by atoms with Crippen LogP contribution in [-0.4, -0.2) is 27.3 Å². The van der Waals surface area contributed by atoms with Crippen LogP contribution in [0.3, 0.4) is 0 Å². The summed E-state index contributed by atoms with van der Waals surface area (Å²) in [6.07, 6.45) is 8.85. The second kappa shape index (κ2) is 7.52. The van der Waals surface area contributed by atoms with E-state index in [4.69, 9.17) is 0 Å². The molecule has 0 radical (unpaired) electrons. The Balaban J connectivity index is 1.47. The molecule has 1 unspecified atom stereocenters. The molecule has 1 heterocycles. The lowest BCUT2D eigenvalue weighted by molar-refractivity contribution is 0.160. The van der Waals surface area contributed by atoms with Crippen LogP contribution in [0, 0.1) is 5.92 Å². The van der Waals surface area contributed by atoms with E-state index < -0.39 is 0 Å². The predicted octanol–water partition coefficient (Wildman–Crippen LogP) is 3.81. The largest absolute Gasteiger partial charge is 0.331 e. The Morgan fingerprint density at radius 1 is 1.23 bits per heavy atom. The molecule has 1 N–H and O–H groups in total. The predicted molar refractivity (Wildman–Crippen MR) is 102 cm³/mol. The third-order valence-corrected chi connectivity index (χ3v) is 5.88. The number of amides is 2. The van der Waals surface area contributed by atoms with Gasteiger partial charge in [-0.25, -0.2) is 4.79 Å². The highest BCUT2D eigenvalue weighted by Crippen LogP contribution is 2.30. The number of hydrogen-bond acceptors (Lipinski definition) is 2. The molecule has 0 saturated heterocycles. The van der Waals surface area contributed by atoms with E-state index in [9.17, 15) is 4.79 Å². The number of aromatic nitrogens is 2. The van der Waals surface area contributed by atoms with Crippen molar-refractivity contribution in [1.29, 1.82) is 0 Å². The highest BCUT2D eigenvalue weighted by Gasteiger charge is 2.28. The fourth-order valence-electron chi connectivity index (χ4n) is 4.11. The molecule has 2 aliphatic rings. The van der Waals surface area contributed by atoms with Crippen molar-refractivity contribution < 1.29 is 4.79 Å². The average molecular weight is 352 g/mol. The second-order valence-corrected chi connectivity index (χ2v) is 7.73. The van der Waals surface area contributed by atoms with E-state index in [2.05, 4.69) is 22.5 Å². The van der Waals surface area contributed by atoms with Crippen LogP contribution in [0.5, 0.6) is 0 Å². The summed E-state index contributed by atoms with van der Waals surface area (Å²) >= 11 is 0. The zero-order chi connectivity index (χ0) is 17.9. The maximum atomic E-state index is 13.1. The van der Waals surface area contributed by atoms with Gasteiger partial charge in [0.25, 0.3) is 0 Å². The zero-order valence-corrected chi connectivity index (χ0v) is 15.5. The molecule has 0 aliphatic heterocycles. The minimum Gasteiger partial charge on any atom is -0.331 e. The van der Waals surface area contributed by atoms with Gasteiger partial charge in [-0.3, -0.25) is 4.68 Å². The average Bonchev–Trinajstić information content (AvgIpc) is 3.00. The Morgan fingerprint density at radius 3 is 2.77 bits per heavy atom. The van der Waals surface area contributed by atoms with Gasteiger partial charge in [-0.15, -0.1) is 0 Å². The molecule has 1 atom stereocenters. The van der Waals surface area contributed by atoms with E-state index in [-0.39, 0.29) is 12.1 Å². The molecule has 2 amide bonds. The number of hydrogen-bond donors (Lipinski definition) is 1. The van der Waals surface area contributed by atoms with Crippen LogP contribution in [-0.2, 0) is 20.0 Å². The first kappa shape index (κ1) is 17.1. The lowest BCUT2D eigenvalue weighted by atomic mass is 9.85. The summed E-state index contributed by atoms with van der Waals surface area (Å²) in [6.45, 7) is 1.53. The van der Waals surface area contributed by atoms with E-state index >= 15 is 0 Å². The lowest BCUT2D eigenvalue weighted by Crippen LogP contribution is -2.44. The number of carbonyl (C=O) groups is 1. The van der Waals surface area contributed by atoms with Gasteiger partial charge >= 0.3 is 6.03 Å². The molecule has 4 rings (SSSR count). The molecule has 26 heavy (non-hydrogen) atoms. The van der Waals surface area contributed by atoms with Gasteiger partial charge in [0.05, 0.1) is 12.2 Å². The summed E-state index contributed by atoms with van der Waals surface area (Å²) < 4.78 is 1.95. The van der Waals surface area contributed by atoms with Crippen molar-refractivity contribution >= 4 is 6.03 Å². The number of nitrogens with one attached hydrogen (secondary N) is 1. The topological polar surface area (TPSA) is 50.2 Å². The number of benzene rings is 1. The smallest absolute Gasteiger partial charge is 0.318 e. The van der Waals surface area contributed by atoms with Gasteiger partial charge in [0.2, 0.25) is 0 Å². The summed E-state index contributed by atoms with van der Waals surface area (Å²) in [7, 11) is 1.99. The van der Waals surface area contributed by atoms with Crippen molar-refractivity contribution in [2.24, 2.45) is 13.0 Å². The van der Waals surface area contributed by atoms with Gasteiger partial charge in [-0.1, -0.05) is 36.8 Å². The van der Waals surface area contributed by atoms with Crippen molar-refractivity contribution in [3.63, 3.8) is 0 Å². The molecule has 138 valence electrons. The number of fused-ring (bicyclic) bond motifs is 1. The van der Waals surface area contributed by atoms with E-state index in [0.717, 1.165) is 25.8 Å². The summed E-state index contributed by atoms with van der Waals surface area (Å²) in [4.78, 5) is 15.1. The van der Waals surface area contributed by atoms with E-state index in [0.29, 0.717) is 12.5 Å². The minimum atomic E-state index is 0.0578. The van der Waals surface area contributed by atoms with Crippen LogP contribution in [0.25, 0.3) is 0 Å². The summed E-state index contributed by atoms with van der Waals surface area (Å²) in [5, 5.41) is 7.69. The molecule has 1 saturated carbocycles. The fraction of sp³-hybridized carbons (Fsp3) is 0.524. The van der Waals surface area contributed by atoms with Crippen molar-refractivity contribution in [3.05, 3.63) is 53.3 Å². The summed E-state index contributed by atoms with van der Waals surface area (Å²) in [6, 6.07) is 10.4. The minimum absolute atomic E-state index is 0.0578. The molecular formula is C21H28N4O. The Labute approximate surface area is 155 Å². The molecule has 1 fully saturated rings. The van der Waals surface area contributed by atoms with Crippen molar-refractivity contribution in [3.8, 4) is 0 Å². The van der Waals surface area contributed by atoms with E-state index in [1.165, 1.54) is 36.1 Å². The molecule has 1 aromatic carbocycles. The van der Waals surface area contributed by atoms with Crippen LogP contribution in [0.15, 0.2) is 36.5 Å². The van der Waals surface area contributed by atoms with E-state index in [1.54, 1.807) is 0 Å². The van der Waals surface area contributed by atoms with Crippen LogP contribution in [0.2, 0.25) is 0 Å². The number of rotatable bonds is 5. The summed E-state index contributed by atoms with van der Waals surface area (Å²) in [5.74, 6) is 0.657. The highest BCUT2D eigenvalue weighted by atomic mass is 16.2. The van der Waals surface area contributed by atoms with Crippen LogP contribution in [0.1, 0.15) is 55.0 Å². The monoisotopic (exact) mass is 352 g/mol. The molecular weight excluding hydrogens is 324 g/mol. The van der Waals surface area contributed by atoms with Crippen LogP contribution >= 0.6 is 0 Å². The molecule has 2 aliphatic carbocycles. The molecule has 5 nitrogen and oxygen atoms in total. The molecule has 1 aromatic heterocycles. The first-order chi connectivity index (χ1) is 12.7. The highest BCUT2D eigenvalue weighted by molar-refractivity contribution is 5.75. The SMILES string of the molecule is Cn1ncc2c1CCCC2NC(=O)N(Cc1ccccc1)CC1CCC1. The van der Waals surface area contributed by atoms with Gasteiger partial charge in [0.1, 0.15) is 0 Å². The van der Waals surface area contributed by atoms with Gasteiger partial charge in [0, 0.05) is 31.4 Å². The quantitative estimate of drug-likeness (QED) is 0.889. The first-order valence-corrected chi connectivity index (χ1v) is 9.81. The molecule has 5 heteroatoms. The van der Waals surface area contributed by atoms with Gasteiger partial charge < -0.3 is 10.2 Å². The van der Waals surface area contributed by atoms with Gasteiger partial charge in [-0.05, 0) is 43.6 Å². The number of carbonyl (C=O) groups excluding carboxylic acids is 1. The zero-order valence-electron chi connectivity index (χ0n) is 15.5. The molecule has 2 aromatic rings. The first-order valence-electron chi connectivity index (χ1n) is 9.81. The standard InChI is InChI=1S/C21H28N4O/c1-24-20-12-6-11-19(18(20)13-22-24)23-21(26)25(15-17-9-5-10-17)14-16-7-3-2-4-8-16/h2-4,7-8,13,17,19H,5-6,9-12,14-15H2,1H3,(H,23,26). The number of aryl methyl sites for hydroxylation is 1. The van der Waals surface area contributed by atoms with Gasteiger partial charge in [-0.2, -0.15) is 5.10 Å². The maximum absolute atomic E-state index is 13.1. The Bertz CT molecular complexity index is 751. The number of urea groups is 1. The Kier molecular flexibility index (Phi) is 4.96. The third-order valence-electron chi connectivity index (χ3n) is 5.88. The van der Waals surface area contributed by atoms with Crippen molar-refractivity contribution in [1.82, 2.24) is 20.0 Å². The fourth-order valence-corrected chi connectivity index (χ4v) is 4.11. The Hall–Kier alpha value is -2.30. The van der Waals surface area contributed by atoms with E-state index in [1.807, 2.05) is 41.0 Å². The Morgan fingerprint density at radius 2 is 2.04 bits per heavy atom. The number of nitrogens with zero attached hydrogens (tertiary/aromatic N) is 3. The third kappa shape index (κ3) is 3.62. The lowest BCUT2D eigenvalue weighted by Gasteiger charge is -2.34. The molecule has 0 spiro atoms. The normalized spacial score (nSPS) is 19.5. The maximum Gasteiger partial charge on any atom is 0.318 e.